The van der Waals surface area contributed by atoms with Crippen molar-refractivity contribution in [2.75, 3.05) is 45.3 Å². The first kappa shape index (κ1) is 16.2. The maximum Gasteiger partial charge on any atom is 0.244 e. The first-order valence-electron chi connectivity index (χ1n) is 6.83. The molecule has 21 heavy (non-hydrogen) atoms. The van der Waals surface area contributed by atoms with Gasteiger partial charge in [-0.3, -0.25) is 0 Å². The highest BCUT2D eigenvalue weighted by molar-refractivity contribution is 7.89. The minimum atomic E-state index is -3.48. The second kappa shape index (κ2) is 7.17. The molecule has 1 aliphatic heterocycles. The number of aromatic nitrogens is 1. The zero-order chi connectivity index (χ0) is 15.3. The normalized spacial score (nSPS) is 18.4. The molecule has 0 aliphatic carbocycles. The van der Waals surface area contributed by atoms with Gasteiger partial charge in [0.2, 0.25) is 10.0 Å². The van der Waals surface area contributed by atoms with Crippen molar-refractivity contribution in [2.24, 2.45) is 0 Å². The molecule has 118 valence electrons. The molecular formula is C13H21N3O4S. The molecule has 0 saturated carbocycles. The first-order chi connectivity index (χ1) is 10.0. The van der Waals surface area contributed by atoms with Gasteiger partial charge in [0.05, 0.1) is 19.8 Å². The first-order valence-corrected chi connectivity index (χ1v) is 8.27. The monoisotopic (exact) mass is 315 g/mol. The summed E-state index contributed by atoms with van der Waals surface area (Å²) in [6.07, 6.45) is 1.38. The van der Waals surface area contributed by atoms with Crippen LogP contribution in [0.15, 0.2) is 23.2 Å². The van der Waals surface area contributed by atoms with Gasteiger partial charge >= 0.3 is 0 Å². The molecule has 7 nitrogen and oxygen atoms in total. The Morgan fingerprint density at radius 1 is 1.43 bits per heavy atom. The average molecular weight is 315 g/mol. The summed E-state index contributed by atoms with van der Waals surface area (Å²) in [6.45, 7) is 4.14. The Bertz CT molecular complexity index is 541. The molecule has 1 N–H and O–H groups in total. The fraction of sp³-hybridized carbons (Fsp3) is 0.615. The number of anilines is 1. The van der Waals surface area contributed by atoms with Gasteiger partial charge in [0, 0.05) is 32.4 Å². The van der Waals surface area contributed by atoms with E-state index in [1.165, 1.54) is 10.5 Å². The number of methoxy groups -OCH3 is 1. The summed E-state index contributed by atoms with van der Waals surface area (Å²) in [5.41, 5.74) is 0. The standard InChI is InChI=1S/C13H21N3O4S/c1-11(10-19-2)15-13-4-3-12(9-14-13)21(17,18)16-5-7-20-8-6-16/h3-4,9,11H,5-8,10H2,1-2H3,(H,14,15)/t11-/m0/s1. The number of pyridine rings is 1. The summed E-state index contributed by atoms with van der Waals surface area (Å²) in [4.78, 5) is 4.36. The molecule has 0 bridgehead atoms. The third-order valence-corrected chi connectivity index (χ3v) is 5.04. The zero-order valence-electron chi connectivity index (χ0n) is 12.3. The van der Waals surface area contributed by atoms with E-state index in [1.54, 1.807) is 19.2 Å². The van der Waals surface area contributed by atoms with E-state index in [0.717, 1.165) is 0 Å². The van der Waals surface area contributed by atoms with Crippen LogP contribution in [0, 0.1) is 0 Å². The molecule has 0 aromatic carbocycles. The maximum atomic E-state index is 12.4. The fourth-order valence-corrected chi connectivity index (χ4v) is 3.45. The molecule has 0 spiro atoms. The van der Waals surface area contributed by atoms with Gasteiger partial charge in [-0.2, -0.15) is 4.31 Å². The number of nitrogens with one attached hydrogen (secondary N) is 1. The lowest BCUT2D eigenvalue weighted by molar-refractivity contribution is 0.0730. The second-order valence-corrected chi connectivity index (χ2v) is 6.83. The van der Waals surface area contributed by atoms with Crippen LogP contribution in [-0.4, -0.2) is 63.8 Å². The van der Waals surface area contributed by atoms with Crippen LogP contribution in [0.3, 0.4) is 0 Å². The summed E-state index contributed by atoms with van der Waals surface area (Å²) in [5, 5.41) is 3.14. The number of ether oxygens (including phenoxy) is 2. The maximum absolute atomic E-state index is 12.4. The van der Waals surface area contributed by atoms with Crippen molar-refractivity contribution in [3.63, 3.8) is 0 Å². The number of sulfonamides is 1. The molecule has 1 atom stereocenters. The smallest absolute Gasteiger partial charge is 0.244 e. The van der Waals surface area contributed by atoms with E-state index in [1.807, 2.05) is 6.92 Å². The molecule has 8 heteroatoms. The zero-order valence-corrected chi connectivity index (χ0v) is 13.1. The summed E-state index contributed by atoms with van der Waals surface area (Å²) in [5.74, 6) is 0.625. The molecule has 1 aliphatic rings. The van der Waals surface area contributed by atoms with E-state index in [9.17, 15) is 8.42 Å². The van der Waals surface area contributed by atoms with E-state index in [-0.39, 0.29) is 10.9 Å². The largest absolute Gasteiger partial charge is 0.383 e. The SMILES string of the molecule is COC[C@H](C)Nc1ccc(S(=O)(=O)N2CCOCC2)cn1. The van der Waals surface area contributed by atoms with Gasteiger partial charge in [-0.05, 0) is 19.1 Å². The molecule has 2 heterocycles. The van der Waals surface area contributed by atoms with E-state index in [0.29, 0.717) is 38.7 Å². The van der Waals surface area contributed by atoms with Gasteiger partial charge in [-0.25, -0.2) is 13.4 Å². The highest BCUT2D eigenvalue weighted by Gasteiger charge is 2.26. The van der Waals surface area contributed by atoms with Crippen molar-refractivity contribution in [2.45, 2.75) is 17.9 Å². The van der Waals surface area contributed by atoms with Crippen LogP contribution in [0.25, 0.3) is 0 Å². The fourth-order valence-electron chi connectivity index (χ4n) is 2.10. The Hall–Kier alpha value is -1.22. The molecule has 0 radical (unpaired) electrons. The lowest BCUT2D eigenvalue weighted by Gasteiger charge is -2.26. The summed E-state index contributed by atoms with van der Waals surface area (Å²) >= 11 is 0. The van der Waals surface area contributed by atoms with Crippen LogP contribution >= 0.6 is 0 Å². The van der Waals surface area contributed by atoms with Gasteiger partial charge in [-0.1, -0.05) is 0 Å². The van der Waals surface area contributed by atoms with E-state index in [4.69, 9.17) is 9.47 Å². The van der Waals surface area contributed by atoms with Crippen LogP contribution in [0.1, 0.15) is 6.92 Å². The Balaban J connectivity index is 2.07. The Kier molecular flexibility index (Phi) is 5.51. The molecular weight excluding hydrogens is 294 g/mol. The number of nitrogens with zero attached hydrogens (tertiary/aromatic N) is 2. The van der Waals surface area contributed by atoms with E-state index < -0.39 is 10.0 Å². The Labute approximate surface area is 125 Å². The predicted molar refractivity (Wildman–Crippen MR) is 78.8 cm³/mol. The summed E-state index contributed by atoms with van der Waals surface area (Å²) in [6, 6.07) is 3.34. The average Bonchev–Trinajstić information content (AvgIpc) is 2.49. The van der Waals surface area contributed by atoms with Crippen molar-refractivity contribution < 1.29 is 17.9 Å². The number of hydrogen-bond acceptors (Lipinski definition) is 6. The topological polar surface area (TPSA) is 80.8 Å². The lowest BCUT2D eigenvalue weighted by Crippen LogP contribution is -2.40. The Morgan fingerprint density at radius 2 is 2.14 bits per heavy atom. The van der Waals surface area contributed by atoms with Crippen molar-refractivity contribution in [3.8, 4) is 0 Å². The van der Waals surface area contributed by atoms with Crippen molar-refractivity contribution in [1.29, 1.82) is 0 Å². The molecule has 0 amide bonds. The van der Waals surface area contributed by atoms with Gasteiger partial charge in [0.15, 0.2) is 0 Å². The number of rotatable bonds is 6. The van der Waals surface area contributed by atoms with Gasteiger partial charge in [0.1, 0.15) is 10.7 Å². The third-order valence-electron chi connectivity index (χ3n) is 3.16. The number of hydrogen-bond donors (Lipinski definition) is 1. The second-order valence-electron chi connectivity index (χ2n) is 4.90. The van der Waals surface area contributed by atoms with Gasteiger partial charge < -0.3 is 14.8 Å². The minimum Gasteiger partial charge on any atom is -0.383 e. The molecule has 0 unspecified atom stereocenters. The van der Waals surface area contributed by atoms with Crippen LogP contribution < -0.4 is 5.32 Å². The number of morpholine rings is 1. The highest BCUT2D eigenvalue weighted by atomic mass is 32.2. The highest BCUT2D eigenvalue weighted by Crippen LogP contribution is 2.17. The van der Waals surface area contributed by atoms with E-state index in [2.05, 4.69) is 10.3 Å². The minimum absolute atomic E-state index is 0.101. The predicted octanol–water partition coefficient (Wildman–Crippen LogP) is 0.549. The van der Waals surface area contributed by atoms with Crippen molar-refractivity contribution in [1.82, 2.24) is 9.29 Å². The van der Waals surface area contributed by atoms with Crippen molar-refractivity contribution >= 4 is 15.8 Å². The lowest BCUT2D eigenvalue weighted by atomic mass is 10.3. The molecule has 1 saturated heterocycles. The third kappa shape index (κ3) is 4.13. The van der Waals surface area contributed by atoms with E-state index >= 15 is 0 Å². The summed E-state index contributed by atoms with van der Waals surface area (Å²) in [7, 11) is -1.85. The molecule has 2 rings (SSSR count). The van der Waals surface area contributed by atoms with Crippen LogP contribution in [0.5, 0.6) is 0 Å². The van der Waals surface area contributed by atoms with Crippen molar-refractivity contribution in [3.05, 3.63) is 18.3 Å². The van der Waals surface area contributed by atoms with Crippen LogP contribution in [-0.2, 0) is 19.5 Å². The van der Waals surface area contributed by atoms with Crippen LogP contribution in [0.4, 0.5) is 5.82 Å². The molecule has 1 fully saturated rings. The van der Waals surface area contributed by atoms with Gasteiger partial charge in [0.25, 0.3) is 0 Å². The van der Waals surface area contributed by atoms with Crippen LogP contribution in [0.2, 0.25) is 0 Å². The quantitative estimate of drug-likeness (QED) is 0.826. The Morgan fingerprint density at radius 3 is 2.71 bits per heavy atom. The summed E-state index contributed by atoms with van der Waals surface area (Å²) < 4.78 is 36.5. The molecule has 1 aromatic heterocycles. The van der Waals surface area contributed by atoms with Gasteiger partial charge in [-0.15, -0.1) is 0 Å². The molecule has 1 aromatic rings.